The average molecular weight is 267 g/mol. The molecular formula is C11H17N5OS. The second-order valence-electron chi connectivity index (χ2n) is 3.94. The first-order valence-corrected chi connectivity index (χ1v) is 6.70. The summed E-state index contributed by atoms with van der Waals surface area (Å²) in [6.07, 6.45) is 0. The SMILES string of the molecule is COCCNC(C)c1nnnn1Cc1cccs1. The summed E-state index contributed by atoms with van der Waals surface area (Å²) in [4.78, 5) is 1.24. The van der Waals surface area contributed by atoms with Crippen molar-refractivity contribution in [3.05, 3.63) is 28.2 Å². The highest BCUT2D eigenvalue weighted by molar-refractivity contribution is 7.09. The van der Waals surface area contributed by atoms with Gasteiger partial charge in [-0.05, 0) is 28.8 Å². The molecule has 98 valence electrons. The Morgan fingerprint density at radius 3 is 3.17 bits per heavy atom. The minimum atomic E-state index is 0.107. The van der Waals surface area contributed by atoms with Gasteiger partial charge in [0.05, 0.1) is 19.2 Å². The van der Waals surface area contributed by atoms with Gasteiger partial charge in [0.25, 0.3) is 0 Å². The van der Waals surface area contributed by atoms with Crippen molar-refractivity contribution in [1.82, 2.24) is 25.5 Å². The zero-order chi connectivity index (χ0) is 12.8. The van der Waals surface area contributed by atoms with Gasteiger partial charge in [-0.15, -0.1) is 16.4 Å². The Balaban J connectivity index is 1.98. The van der Waals surface area contributed by atoms with Crippen molar-refractivity contribution in [2.24, 2.45) is 0 Å². The van der Waals surface area contributed by atoms with E-state index in [1.807, 2.05) is 17.7 Å². The fraction of sp³-hybridized carbons (Fsp3) is 0.545. The van der Waals surface area contributed by atoms with Crippen LogP contribution < -0.4 is 5.32 Å². The van der Waals surface area contributed by atoms with Gasteiger partial charge in [-0.25, -0.2) is 4.68 Å². The predicted octanol–water partition coefficient (Wildman–Crippen LogP) is 1.08. The topological polar surface area (TPSA) is 64.9 Å². The van der Waals surface area contributed by atoms with Gasteiger partial charge in [-0.1, -0.05) is 6.07 Å². The fourth-order valence-corrected chi connectivity index (χ4v) is 2.34. The Labute approximate surface area is 110 Å². The predicted molar refractivity (Wildman–Crippen MR) is 69.5 cm³/mol. The fourth-order valence-electron chi connectivity index (χ4n) is 1.65. The lowest BCUT2D eigenvalue weighted by atomic mass is 10.3. The van der Waals surface area contributed by atoms with Gasteiger partial charge in [0, 0.05) is 18.5 Å². The molecule has 0 aliphatic carbocycles. The molecule has 2 heterocycles. The van der Waals surface area contributed by atoms with E-state index < -0.39 is 0 Å². The van der Waals surface area contributed by atoms with Gasteiger partial charge in [-0.3, -0.25) is 0 Å². The van der Waals surface area contributed by atoms with Gasteiger partial charge in [-0.2, -0.15) is 0 Å². The van der Waals surface area contributed by atoms with Crippen LogP contribution in [0.5, 0.6) is 0 Å². The van der Waals surface area contributed by atoms with Crippen LogP contribution in [0.3, 0.4) is 0 Å². The number of hydrogen-bond acceptors (Lipinski definition) is 6. The maximum atomic E-state index is 5.01. The molecule has 1 unspecified atom stereocenters. The van der Waals surface area contributed by atoms with E-state index in [4.69, 9.17) is 4.74 Å². The van der Waals surface area contributed by atoms with Crippen molar-refractivity contribution < 1.29 is 4.74 Å². The summed E-state index contributed by atoms with van der Waals surface area (Å²) in [5.41, 5.74) is 0. The van der Waals surface area contributed by atoms with E-state index in [-0.39, 0.29) is 6.04 Å². The molecule has 2 aromatic rings. The summed E-state index contributed by atoms with van der Waals surface area (Å²) in [6.45, 7) is 4.23. The molecule has 0 saturated heterocycles. The number of tetrazole rings is 1. The highest BCUT2D eigenvalue weighted by Crippen LogP contribution is 2.13. The van der Waals surface area contributed by atoms with Gasteiger partial charge in [0.2, 0.25) is 0 Å². The lowest BCUT2D eigenvalue weighted by Gasteiger charge is -2.12. The van der Waals surface area contributed by atoms with Crippen molar-refractivity contribution in [2.75, 3.05) is 20.3 Å². The normalized spacial score (nSPS) is 12.8. The monoisotopic (exact) mass is 267 g/mol. The number of ether oxygens (including phenoxy) is 1. The van der Waals surface area contributed by atoms with E-state index in [9.17, 15) is 0 Å². The average Bonchev–Trinajstić information content (AvgIpc) is 3.01. The smallest absolute Gasteiger partial charge is 0.168 e. The minimum Gasteiger partial charge on any atom is -0.383 e. The lowest BCUT2D eigenvalue weighted by molar-refractivity contribution is 0.196. The number of thiophene rings is 1. The molecule has 0 aliphatic rings. The van der Waals surface area contributed by atoms with E-state index in [1.165, 1.54) is 4.88 Å². The Kier molecular flexibility index (Phi) is 4.80. The molecule has 0 aromatic carbocycles. The molecule has 1 N–H and O–H groups in total. The molecule has 0 aliphatic heterocycles. The summed E-state index contributed by atoms with van der Waals surface area (Å²) >= 11 is 1.71. The molecule has 18 heavy (non-hydrogen) atoms. The Hall–Kier alpha value is -1.31. The number of aromatic nitrogens is 4. The molecule has 0 radical (unpaired) electrons. The molecular weight excluding hydrogens is 250 g/mol. The molecule has 2 aromatic heterocycles. The molecule has 1 atom stereocenters. The van der Waals surface area contributed by atoms with Crippen LogP contribution in [0.4, 0.5) is 0 Å². The van der Waals surface area contributed by atoms with Gasteiger partial charge >= 0.3 is 0 Å². The number of nitrogens with zero attached hydrogens (tertiary/aromatic N) is 4. The van der Waals surface area contributed by atoms with Crippen LogP contribution in [0.1, 0.15) is 23.7 Å². The first-order chi connectivity index (χ1) is 8.81. The minimum absolute atomic E-state index is 0.107. The van der Waals surface area contributed by atoms with Crippen LogP contribution in [0.25, 0.3) is 0 Å². The molecule has 7 heteroatoms. The molecule has 0 saturated carbocycles. The zero-order valence-corrected chi connectivity index (χ0v) is 11.4. The summed E-state index contributed by atoms with van der Waals surface area (Å²) in [6, 6.07) is 4.22. The maximum Gasteiger partial charge on any atom is 0.168 e. The summed E-state index contributed by atoms with van der Waals surface area (Å²) in [5.74, 6) is 0.847. The largest absolute Gasteiger partial charge is 0.383 e. The Morgan fingerprint density at radius 1 is 1.56 bits per heavy atom. The van der Waals surface area contributed by atoms with E-state index in [1.54, 1.807) is 18.4 Å². The van der Waals surface area contributed by atoms with Crippen LogP contribution in [0.15, 0.2) is 17.5 Å². The number of methoxy groups -OCH3 is 1. The highest BCUT2D eigenvalue weighted by Gasteiger charge is 2.14. The Morgan fingerprint density at radius 2 is 2.44 bits per heavy atom. The van der Waals surface area contributed by atoms with Crippen molar-refractivity contribution in [3.8, 4) is 0 Å². The lowest BCUT2D eigenvalue weighted by Crippen LogP contribution is -2.25. The van der Waals surface area contributed by atoms with E-state index in [2.05, 4.69) is 32.3 Å². The number of hydrogen-bond donors (Lipinski definition) is 1. The second-order valence-corrected chi connectivity index (χ2v) is 4.97. The third kappa shape index (κ3) is 3.34. The van der Waals surface area contributed by atoms with Crippen molar-refractivity contribution >= 4 is 11.3 Å². The Bertz CT molecular complexity index is 456. The van der Waals surface area contributed by atoms with E-state index in [0.717, 1.165) is 18.9 Å². The quantitative estimate of drug-likeness (QED) is 0.760. The van der Waals surface area contributed by atoms with Crippen LogP contribution in [0, 0.1) is 0 Å². The molecule has 6 nitrogen and oxygen atoms in total. The number of rotatable bonds is 7. The van der Waals surface area contributed by atoms with Gasteiger partial charge in [0.1, 0.15) is 0 Å². The second kappa shape index (κ2) is 6.58. The van der Waals surface area contributed by atoms with Crippen molar-refractivity contribution in [2.45, 2.75) is 19.5 Å². The highest BCUT2D eigenvalue weighted by atomic mass is 32.1. The zero-order valence-electron chi connectivity index (χ0n) is 10.5. The summed E-state index contributed by atoms with van der Waals surface area (Å²) in [5, 5.41) is 17.2. The standard InChI is InChI=1S/C11H17N5OS/c1-9(12-5-6-17-2)11-13-14-15-16(11)8-10-4-3-7-18-10/h3-4,7,9,12H,5-6,8H2,1-2H3. The van der Waals surface area contributed by atoms with Crippen molar-refractivity contribution in [3.63, 3.8) is 0 Å². The number of nitrogens with one attached hydrogen (secondary N) is 1. The van der Waals surface area contributed by atoms with Crippen molar-refractivity contribution in [1.29, 1.82) is 0 Å². The van der Waals surface area contributed by atoms with Crippen LogP contribution >= 0.6 is 11.3 Å². The van der Waals surface area contributed by atoms with Crippen LogP contribution in [-0.2, 0) is 11.3 Å². The molecule has 0 spiro atoms. The summed E-state index contributed by atoms with van der Waals surface area (Å²) in [7, 11) is 1.69. The van der Waals surface area contributed by atoms with Gasteiger partial charge < -0.3 is 10.1 Å². The van der Waals surface area contributed by atoms with E-state index in [0.29, 0.717) is 6.61 Å². The third-order valence-electron chi connectivity index (χ3n) is 2.59. The molecule has 0 amide bonds. The third-order valence-corrected chi connectivity index (χ3v) is 3.45. The first kappa shape index (κ1) is 13.1. The molecule has 0 fully saturated rings. The van der Waals surface area contributed by atoms with Crippen LogP contribution in [0.2, 0.25) is 0 Å². The van der Waals surface area contributed by atoms with E-state index >= 15 is 0 Å². The van der Waals surface area contributed by atoms with Gasteiger partial charge in [0.15, 0.2) is 5.82 Å². The van der Waals surface area contributed by atoms with Crippen LogP contribution in [-0.4, -0.2) is 40.5 Å². The molecule has 2 rings (SSSR count). The molecule has 0 bridgehead atoms. The summed E-state index contributed by atoms with van der Waals surface area (Å²) < 4.78 is 6.84. The first-order valence-electron chi connectivity index (χ1n) is 5.82. The maximum absolute atomic E-state index is 5.01.